The molecule has 0 bridgehead atoms. The van der Waals surface area contributed by atoms with Crippen LogP contribution in [0.1, 0.15) is 31.2 Å². The van der Waals surface area contributed by atoms with E-state index in [1.54, 1.807) is 7.11 Å². The summed E-state index contributed by atoms with van der Waals surface area (Å²) in [5.41, 5.74) is 0.981. The minimum Gasteiger partial charge on any atom is -0.493 e. The lowest BCUT2D eigenvalue weighted by Crippen LogP contribution is -2.26. The van der Waals surface area contributed by atoms with E-state index < -0.39 is 0 Å². The van der Waals surface area contributed by atoms with Crippen LogP contribution in [0.4, 0.5) is 0 Å². The van der Waals surface area contributed by atoms with Crippen LogP contribution in [0, 0.1) is 0 Å². The molecular formula is C15H22O4. The van der Waals surface area contributed by atoms with E-state index in [-0.39, 0.29) is 18.6 Å². The monoisotopic (exact) mass is 266 g/mol. The summed E-state index contributed by atoms with van der Waals surface area (Å²) in [6.45, 7) is 3.56. The number of hydrogen-bond acceptors (Lipinski definition) is 4. The molecule has 1 aromatic rings. The summed E-state index contributed by atoms with van der Waals surface area (Å²) < 4.78 is 16.8. The fraction of sp³-hybridized carbons (Fsp3) is 0.600. The van der Waals surface area contributed by atoms with Crippen LogP contribution in [0.25, 0.3) is 0 Å². The molecule has 1 aliphatic rings. The second-order valence-corrected chi connectivity index (χ2v) is 4.89. The number of para-hydroxylation sites is 1. The van der Waals surface area contributed by atoms with Gasteiger partial charge in [0.25, 0.3) is 0 Å². The Morgan fingerprint density at radius 2 is 2.11 bits per heavy atom. The third-order valence-corrected chi connectivity index (χ3v) is 3.48. The molecule has 1 fully saturated rings. The third kappa shape index (κ3) is 3.39. The largest absolute Gasteiger partial charge is 0.493 e. The summed E-state index contributed by atoms with van der Waals surface area (Å²) in [6.07, 6.45) is 1.99. The van der Waals surface area contributed by atoms with Crippen LogP contribution in [0.15, 0.2) is 18.2 Å². The zero-order valence-electron chi connectivity index (χ0n) is 11.6. The highest BCUT2D eigenvalue weighted by Gasteiger charge is 2.20. The Labute approximate surface area is 114 Å². The summed E-state index contributed by atoms with van der Waals surface area (Å²) in [5, 5.41) is 9.31. The highest BCUT2D eigenvalue weighted by Crippen LogP contribution is 2.36. The van der Waals surface area contributed by atoms with Crippen molar-refractivity contribution in [3.05, 3.63) is 23.8 Å². The summed E-state index contributed by atoms with van der Waals surface area (Å²) in [4.78, 5) is 0. The molecule has 1 aliphatic heterocycles. The van der Waals surface area contributed by atoms with Crippen molar-refractivity contribution in [2.45, 2.75) is 31.8 Å². The molecule has 0 aromatic heterocycles. The third-order valence-electron chi connectivity index (χ3n) is 3.48. The van der Waals surface area contributed by atoms with Crippen molar-refractivity contribution in [2.75, 3.05) is 26.9 Å². The first-order valence-electron chi connectivity index (χ1n) is 6.78. The Morgan fingerprint density at radius 1 is 1.37 bits per heavy atom. The number of aliphatic hydroxyl groups is 1. The number of methoxy groups -OCH3 is 1. The Kier molecular flexibility index (Phi) is 5.05. The molecule has 19 heavy (non-hydrogen) atoms. The fourth-order valence-electron chi connectivity index (χ4n) is 2.30. The molecule has 0 aliphatic carbocycles. The van der Waals surface area contributed by atoms with Gasteiger partial charge in [0.05, 0.1) is 20.3 Å². The Morgan fingerprint density at radius 3 is 2.74 bits per heavy atom. The Balaban J connectivity index is 2.19. The minimum atomic E-state index is 0.0354. The first kappa shape index (κ1) is 14.2. The maximum absolute atomic E-state index is 9.31. The van der Waals surface area contributed by atoms with Gasteiger partial charge in [0.2, 0.25) is 0 Å². The van der Waals surface area contributed by atoms with Crippen LogP contribution in [0.5, 0.6) is 11.5 Å². The minimum absolute atomic E-state index is 0.0354. The van der Waals surface area contributed by atoms with Gasteiger partial charge in [0.15, 0.2) is 11.5 Å². The maximum atomic E-state index is 9.31. The van der Waals surface area contributed by atoms with Gasteiger partial charge in [0, 0.05) is 30.9 Å². The van der Waals surface area contributed by atoms with E-state index in [4.69, 9.17) is 14.2 Å². The average molecular weight is 266 g/mol. The molecule has 2 rings (SSSR count). The smallest absolute Gasteiger partial charge is 0.164 e. The normalized spacial score (nSPS) is 18.1. The predicted molar refractivity (Wildman–Crippen MR) is 73.0 cm³/mol. The van der Waals surface area contributed by atoms with Crippen LogP contribution in [0.2, 0.25) is 0 Å². The number of ether oxygens (including phenoxy) is 3. The van der Waals surface area contributed by atoms with Gasteiger partial charge in [-0.15, -0.1) is 0 Å². The van der Waals surface area contributed by atoms with Crippen molar-refractivity contribution in [1.82, 2.24) is 0 Å². The van der Waals surface area contributed by atoms with E-state index in [0.717, 1.165) is 43.1 Å². The maximum Gasteiger partial charge on any atom is 0.164 e. The molecule has 106 valence electrons. The zero-order chi connectivity index (χ0) is 13.7. The average Bonchev–Trinajstić information content (AvgIpc) is 2.47. The highest BCUT2D eigenvalue weighted by molar-refractivity contribution is 5.48. The lowest BCUT2D eigenvalue weighted by atomic mass is 10.0. The van der Waals surface area contributed by atoms with Crippen molar-refractivity contribution in [2.24, 2.45) is 0 Å². The highest BCUT2D eigenvalue weighted by atomic mass is 16.5. The van der Waals surface area contributed by atoms with Gasteiger partial charge in [-0.2, -0.15) is 0 Å². The van der Waals surface area contributed by atoms with E-state index in [1.165, 1.54) is 0 Å². The number of aliphatic hydroxyl groups excluding tert-OH is 1. The molecule has 1 saturated heterocycles. The predicted octanol–water partition coefficient (Wildman–Crippen LogP) is 2.35. The standard InChI is InChI=1S/C15H22O4/c1-11(10-16)13-4-3-5-14(15(13)17-2)19-12-6-8-18-9-7-12/h3-5,11-12,16H,6-10H2,1-2H3. The van der Waals surface area contributed by atoms with Gasteiger partial charge in [-0.05, 0) is 6.07 Å². The van der Waals surface area contributed by atoms with Crippen molar-refractivity contribution < 1.29 is 19.3 Å². The number of benzene rings is 1. The number of hydrogen-bond donors (Lipinski definition) is 1. The molecule has 0 radical (unpaired) electrons. The van der Waals surface area contributed by atoms with Crippen LogP contribution in [0.3, 0.4) is 0 Å². The lowest BCUT2D eigenvalue weighted by molar-refractivity contribution is 0.0245. The molecule has 1 atom stereocenters. The molecule has 4 nitrogen and oxygen atoms in total. The molecule has 1 unspecified atom stereocenters. The van der Waals surface area contributed by atoms with E-state index in [1.807, 2.05) is 25.1 Å². The molecule has 1 N–H and O–H groups in total. The summed E-state index contributed by atoms with van der Waals surface area (Å²) in [6, 6.07) is 5.83. The lowest BCUT2D eigenvalue weighted by Gasteiger charge is -2.25. The first-order valence-corrected chi connectivity index (χ1v) is 6.78. The van der Waals surface area contributed by atoms with E-state index >= 15 is 0 Å². The van der Waals surface area contributed by atoms with E-state index in [9.17, 15) is 5.11 Å². The first-order chi connectivity index (χ1) is 9.26. The van der Waals surface area contributed by atoms with Gasteiger partial charge >= 0.3 is 0 Å². The van der Waals surface area contributed by atoms with Gasteiger partial charge in [-0.1, -0.05) is 19.1 Å². The molecule has 1 heterocycles. The van der Waals surface area contributed by atoms with Crippen molar-refractivity contribution in [1.29, 1.82) is 0 Å². The van der Waals surface area contributed by atoms with Crippen LogP contribution in [-0.4, -0.2) is 38.1 Å². The Bertz CT molecular complexity index is 399. The van der Waals surface area contributed by atoms with Crippen molar-refractivity contribution in [3.63, 3.8) is 0 Å². The second kappa shape index (κ2) is 6.78. The van der Waals surface area contributed by atoms with Crippen LogP contribution >= 0.6 is 0 Å². The van der Waals surface area contributed by atoms with E-state index in [0.29, 0.717) is 0 Å². The topological polar surface area (TPSA) is 47.9 Å². The van der Waals surface area contributed by atoms with Crippen LogP contribution in [-0.2, 0) is 4.74 Å². The summed E-state index contributed by atoms with van der Waals surface area (Å²) >= 11 is 0. The molecule has 1 aromatic carbocycles. The zero-order valence-corrected chi connectivity index (χ0v) is 11.6. The fourth-order valence-corrected chi connectivity index (χ4v) is 2.30. The number of rotatable bonds is 5. The van der Waals surface area contributed by atoms with Gasteiger partial charge < -0.3 is 19.3 Å². The van der Waals surface area contributed by atoms with Crippen molar-refractivity contribution >= 4 is 0 Å². The summed E-state index contributed by atoms with van der Waals surface area (Å²) in [7, 11) is 1.64. The second-order valence-electron chi connectivity index (χ2n) is 4.89. The van der Waals surface area contributed by atoms with Gasteiger partial charge in [-0.3, -0.25) is 0 Å². The van der Waals surface area contributed by atoms with Gasteiger partial charge in [-0.25, -0.2) is 0 Å². The van der Waals surface area contributed by atoms with Crippen molar-refractivity contribution in [3.8, 4) is 11.5 Å². The van der Waals surface area contributed by atoms with Gasteiger partial charge in [0.1, 0.15) is 6.10 Å². The van der Waals surface area contributed by atoms with Crippen LogP contribution < -0.4 is 9.47 Å². The molecule has 0 spiro atoms. The van der Waals surface area contributed by atoms with E-state index in [2.05, 4.69) is 0 Å². The molecular weight excluding hydrogens is 244 g/mol. The SMILES string of the molecule is COc1c(OC2CCOCC2)cccc1C(C)CO. The summed E-state index contributed by atoms with van der Waals surface area (Å²) in [5.74, 6) is 1.52. The quantitative estimate of drug-likeness (QED) is 0.888. The molecule has 4 heteroatoms. The molecule has 0 amide bonds. The Hall–Kier alpha value is -1.26. The molecule has 0 saturated carbocycles.